The first-order valence-electron chi connectivity index (χ1n) is 10.5. The largest absolute Gasteiger partial charge is 0.465 e. The summed E-state index contributed by atoms with van der Waals surface area (Å²) in [5.41, 5.74) is 2.53. The van der Waals surface area contributed by atoms with Gasteiger partial charge in [-0.05, 0) is 35.4 Å². The van der Waals surface area contributed by atoms with E-state index in [0.29, 0.717) is 28.2 Å². The number of hydrogen-bond acceptors (Lipinski definition) is 6. The Morgan fingerprint density at radius 1 is 0.882 bits per heavy atom. The summed E-state index contributed by atoms with van der Waals surface area (Å²) in [6.45, 7) is 0. The predicted molar refractivity (Wildman–Crippen MR) is 127 cm³/mol. The first-order valence-corrected chi connectivity index (χ1v) is 10.5. The molecule has 0 unspecified atom stereocenters. The number of carbonyl (C=O) groups excluding carboxylic acids is 2. The lowest BCUT2D eigenvalue weighted by atomic mass is 9.85. The minimum atomic E-state index is -1.92. The van der Waals surface area contributed by atoms with Crippen LogP contribution in [0.5, 0.6) is 0 Å². The van der Waals surface area contributed by atoms with Gasteiger partial charge in [-0.15, -0.1) is 0 Å². The second-order valence-corrected chi connectivity index (χ2v) is 7.41. The number of carbonyl (C=O) groups is 2. The van der Waals surface area contributed by atoms with Crippen molar-refractivity contribution in [2.45, 2.75) is 5.60 Å². The molecule has 1 amide bonds. The number of amides is 1. The Morgan fingerprint density at radius 3 is 2.03 bits per heavy atom. The highest BCUT2D eigenvalue weighted by Gasteiger charge is 2.39. The van der Waals surface area contributed by atoms with Crippen molar-refractivity contribution >= 4 is 18.1 Å². The Hall–Kier alpha value is -4.49. The van der Waals surface area contributed by atoms with Crippen LogP contribution >= 0.6 is 0 Å². The van der Waals surface area contributed by atoms with E-state index >= 15 is 0 Å². The van der Waals surface area contributed by atoms with E-state index in [2.05, 4.69) is 10.5 Å². The maximum Gasteiger partial charge on any atom is 0.337 e. The van der Waals surface area contributed by atoms with Gasteiger partial charge in [0.15, 0.2) is 5.60 Å². The van der Waals surface area contributed by atoms with Gasteiger partial charge in [-0.1, -0.05) is 72.8 Å². The maximum atomic E-state index is 13.1. The van der Waals surface area contributed by atoms with Crippen molar-refractivity contribution in [3.8, 4) is 11.3 Å². The standard InChI is InChI=1S/C27H22N2O5/c1-33-25(30)20-14-12-19(13-15-20)24-17-16-23(34-24)18-28-29-26(31)27(32,21-8-4-2-5-9-21)22-10-6-3-7-11-22/h2-18,32H,1H3,(H,29,31). The van der Waals surface area contributed by atoms with E-state index in [4.69, 9.17) is 9.15 Å². The van der Waals surface area contributed by atoms with Crippen molar-refractivity contribution in [3.05, 3.63) is 120 Å². The van der Waals surface area contributed by atoms with Gasteiger partial charge in [-0.25, -0.2) is 10.2 Å². The van der Waals surface area contributed by atoms with Gasteiger partial charge in [0.2, 0.25) is 0 Å². The van der Waals surface area contributed by atoms with E-state index < -0.39 is 17.5 Å². The molecular weight excluding hydrogens is 432 g/mol. The highest BCUT2D eigenvalue weighted by atomic mass is 16.5. The van der Waals surface area contributed by atoms with Gasteiger partial charge < -0.3 is 14.3 Å². The minimum absolute atomic E-state index is 0.398. The van der Waals surface area contributed by atoms with E-state index in [9.17, 15) is 14.7 Å². The number of nitrogens with zero attached hydrogens (tertiary/aromatic N) is 1. The van der Waals surface area contributed by atoms with Crippen LogP contribution in [0.15, 0.2) is 107 Å². The van der Waals surface area contributed by atoms with Crippen LogP contribution in [-0.2, 0) is 15.1 Å². The molecule has 1 heterocycles. The van der Waals surface area contributed by atoms with Gasteiger partial charge in [-0.2, -0.15) is 5.10 Å². The van der Waals surface area contributed by atoms with Crippen molar-refractivity contribution in [1.29, 1.82) is 0 Å². The Balaban J connectivity index is 1.50. The molecule has 0 aliphatic heterocycles. The zero-order chi connectivity index (χ0) is 24.0. The fourth-order valence-corrected chi connectivity index (χ4v) is 3.49. The van der Waals surface area contributed by atoms with Crippen molar-refractivity contribution in [1.82, 2.24) is 5.43 Å². The first-order chi connectivity index (χ1) is 16.5. The number of nitrogens with one attached hydrogen (secondary N) is 1. The molecule has 4 aromatic rings. The summed E-state index contributed by atoms with van der Waals surface area (Å²) in [5.74, 6) is -0.156. The number of ether oxygens (including phenoxy) is 1. The van der Waals surface area contributed by atoms with Gasteiger partial charge in [0.25, 0.3) is 5.91 Å². The molecule has 4 rings (SSSR count). The van der Waals surface area contributed by atoms with Crippen LogP contribution in [0.3, 0.4) is 0 Å². The van der Waals surface area contributed by atoms with Crippen LogP contribution in [0.1, 0.15) is 27.2 Å². The molecule has 34 heavy (non-hydrogen) atoms. The zero-order valence-corrected chi connectivity index (χ0v) is 18.3. The number of methoxy groups -OCH3 is 1. The Morgan fingerprint density at radius 2 is 1.47 bits per heavy atom. The lowest BCUT2D eigenvalue weighted by Crippen LogP contribution is -2.43. The number of furan rings is 1. The molecule has 0 aliphatic carbocycles. The van der Waals surface area contributed by atoms with Gasteiger partial charge in [0.1, 0.15) is 11.5 Å². The van der Waals surface area contributed by atoms with Gasteiger partial charge in [-0.3, -0.25) is 4.79 Å². The third kappa shape index (κ3) is 4.65. The van der Waals surface area contributed by atoms with E-state index in [0.717, 1.165) is 5.56 Å². The molecule has 0 spiro atoms. The Bertz CT molecular complexity index is 1260. The molecule has 0 saturated heterocycles. The quantitative estimate of drug-likeness (QED) is 0.249. The van der Waals surface area contributed by atoms with Gasteiger partial charge in [0.05, 0.1) is 18.9 Å². The molecule has 0 fully saturated rings. The van der Waals surface area contributed by atoms with Crippen LogP contribution in [0.25, 0.3) is 11.3 Å². The molecular formula is C27H22N2O5. The molecule has 0 aliphatic rings. The summed E-state index contributed by atoms with van der Waals surface area (Å²) in [6.07, 6.45) is 1.35. The third-order valence-corrected chi connectivity index (χ3v) is 5.29. The predicted octanol–water partition coefficient (Wildman–Crippen LogP) is 4.12. The first kappa shape index (κ1) is 22.7. The fraction of sp³-hybridized carbons (Fsp3) is 0.0741. The smallest absolute Gasteiger partial charge is 0.337 e. The Labute approximate surface area is 196 Å². The van der Waals surface area contributed by atoms with Crippen molar-refractivity contribution in [3.63, 3.8) is 0 Å². The average molecular weight is 454 g/mol. The topological polar surface area (TPSA) is 101 Å². The number of hydrazone groups is 1. The lowest BCUT2D eigenvalue weighted by Gasteiger charge is -2.26. The molecule has 2 N–H and O–H groups in total. The van der Waals surface area contributed by atoms with Crippen LogP contribution in [-0.4, -0.2) is 30.3 Å². The number of benzene rings is 3. The number of hydrogen-bond donors (Lipinski definition) is 2. The Kier molecular flexibility index (Phi) is 6.66. The second kappa shape index (κ2) is 9.97. The number of esters is 1. The highest BCUT2D eigenvalue weighted by Crippen LogP contribution is 2.30. The minimum Gasteiger partial charge on any atom is -0.465 e. The molecule has 0 bridgehead atoms. The van der Waals surface area contributed by atoms with E-state index in [1.165, 1.54) is 13.3 Å². The van der Waals surface area contributed by atoms with Crippen LogP contribution in [0.4, 0.5) is 0 Å². The molecule has 170 valence electrons. The summed E-state index contributed by atoms with van der Waals surface area (Å²) >= 11 is 0. The average Bonchev–Trinajstić information content (AvgIpc) is 3.37. The molecule has 0 saturated carbocycles. The highest BCUT2D eigenvalue weighted by molar-refractivity contribution is 5.91. The molecule has 7 nitrogen and oxygen atoms in total. The third-order valence-electron chi connectivity index (χ3n) is 5.29. The van der Waals surface area contributed by atoms with Gasteiger partial charge in [0, 0.05) is 5.56 Å². The summed E-state index contributed by atoms with van der Waals surface area (Å²) in [7, 11) is 1.33. The van der Waals surface area contributed by atoms with Crippen LogP contribution < -0.4 is 5.43 Å². The van der Waals surface area contributed by atoms with E-state index in [1.54, 1.807) is 84.9 Å². The van der Waals surface area contributed by atoms with Crippen molar-refractivity contribution in [2.75, 3.05) is 7.11 Å². The zero-order valence-electron chi connectivity index (χ0n) is 18.3. The summed E-state index contributed by atoms with van der Waals surface area (Å²) < 4.78 is 10.5. The molecule has 1 aromatic heterocycles. The van der Waals surface area contributed by atoms with Gasteiger partial charge >= 0.3 is 5.97 Å². The summed E-state index contributed by atoms with van der Waals surface area (Å²) in [5, 5.41) is 15.4. The number of aliphatic hydroxyl groups is 1. The normalized spacial score (nSPS) is 11.4. The second-order valence-electron chi connectivity index (χ2n) is 7.41. The van der Waals surface area contributed by atoms with Crippen LogP contribution in [0, 0.1) is 0 Å². The molecule has 7 heteroatoms. The summed E-state index contributed by atoms with van der Waals surface area (Å²) in [6, 6.07) is 27.6. The van der Waals surface area contributed by atoms with Crippen molar-refractivity contribution < 1.29 is 23.8 Å². The SMILES string of the molecule is COC(=O)c1ccc(-c2ccc(C=NNC(=O)C(O)(c3ccccc3)c3ccccc3)o2)cc1. The lowest BCUT2D eigenvalue weighted by molar-refractivity contribution is -0.136. The van der Waals surface area contributed by atoms with Crippen molar-refractivity contribution in [2.24, 2.45) is 5.10 Å². The molecule has 0 atom stereocenters. The summed E-state index contributed by atoms with van der Waals surface area (Å²) in [4.78, 5) is 24.6. The fourth-order valence-electron chi connectivity index (χ4n) is 3.49. The molecule has 0 radical (unpaired) electrons. The van der Waals surface area contributed by atoms with E-state index in [-0.39, 0.29) is 0 Å². The monoisotopic (exact) mass is 454 g/mol. The van der Waals surface area contributed by atoms with Crippen LogP contribution in [0.2, 0.25) is 0 Å². The maximum absolute atomic E-state index is 13.1. The molecule has 3 aromatic carbocycles. The number of rotatable bonds is 7. The van der Waals surface area contributed by atoms with E-state index in [1.807, 2.05) is 12.1 Å².